The fourth-order valence-corrected chi connectivity index (χ4v) is 2.56. The first-order chi connectivity index (χ1) is 12.1. The highest BCUT2D eigenvalue weighted by atomic mass is 19.1. The fourth-order valence-electron chi connectivity index (χ4n) is 2.56. The van der Waals surface area contributed by atoms with Crippen molar-refractivity contribution >= 4 is 18.6 Å². The molecule has 2 aromatic rings. The molecule has 1 aliphatic heterocycles. The van der Waals surface area contributed by atoms with Crippen molar-refractivity contribution in [1.82, 2.24) is 0 Å². The molecule has 0 aromatic heterocycles. The smallest absolute Gasteiger partial charge is 0.478 e. The zero-order chi connectivity index (χ0) is 19.1. The van der Waals surface area contributed by atoms with Gasteiger partial charge in [0.1, 0.15) is 22.9 Å². The van der Waals surface area contributed by atoms with Gasteiger partial charge in [0.05, 0.1) is 11.2 Å². The molecule has 0 bridgehead atoms. The lowest BCUT2D eigenvalue weighted by molar-refractivity contribution is 0.00578. The third-order valence-corrected chi connectivity index (χ3v) is 4.80. The molecule has 136 valence electrons. The fraction of sp³-hybridized carbons (Fsp3) is 0.316. The Hall–Kier alpha value is -2.38. The summed E-state index contributed by atoms with van der Waals surface area (Å²) in [5, 5.41) is 9.41. The Balaban J connectivity index is 1.94. The summed E-state index contributed by atoms with van der Waals surface area (Å²) in [6.07, 6.45) is 0. The van der Waals surface area contributed by atoms with Gasteiger partial charge in [0, 0.05) is 0 Å². The third kappa shape index (κ3) is 3.45. The van der Waals surface area contributed by atoms with Gasteiger partial charge in [-0.2, -0.15) is 0 Å². The van der Waals surface area contributed by atoms with Crippen molar-refractivity contribution in [3.8, 4) is 11.5 Å². The highest BCUT2D eigenvalue weighted by Gasteiger charge is 2.51. The number of ether oxygens (including phenoxy) is 1. The quantitative estimate of drug-likeness (QED) is 0.846. The average Bonchev–Trinajstić information content (AvgIpc) is 2.77. The molecule has 0 aliphatic carbocycles. The van der Waals surface area contributed by atoms with Crippen molar-refractivity contribution in [1.29, 1.82) is 0 Å². The zero-order valence-corrected chi connectivity index (χ0v) is 15.1. The van der Waals surface area contributed by atoms with E-state index in [2.05, 4.69) is 0 Å². The van der Waals surface area contributed by atoms with Gasteiger partial charge < -0.3 is 19.2 Å². The Morgan fingerprint density at radius 1 is 1.04 bits per heavy atom. The second-order valence-electron chi connectivity index (χ2n) is 7.20. The Kier molecular flexibility index (Phi) is 4.54. The molecular weight excluding hydrogens is 338 g/mol. The van der Waals surface area contributed by atoms with Crippen LogP contribution in [0.5, 0.6) is 11.5 Å². The average molecular weight is 358 g/mol. The molecule has 1 aliphatic rings. The van der Waals surface area contributed by atoms with Crippen molar-refractivity contribution in [2.45, 2.75) is 38.9 Å². The van der Waals surface area contributed by atoms with E-state index in [1.807, 2.05) is 27.7 Å². The molecule has 1 saturated heterocycles. The number of halogens is 1. The zero-order valence-electron chi connectivity index (χ0n) is 15.1. The molecular formula is C19H20BFO5. The molecule has 26 heavy (non-hydrogen) atoms. The monoisotopic (exact) mass is 358 g/mol. The normalized spacial score (nSPS) is 18.0. The van der Waals surface area contributed by atoms with Gasteiger partial charge in [-0.15, -0.1) is 0 Å². The molecule has 3 rings (SSSR count). The van der Waals surface area contributed by atoms with E-state index in [0.717, 1.165) is 0 Å². The minimum atomic E-state index is -1.12. The van der Waals surface area contributed by atoms with Gasteiger partial charge in [0.25, 0.3) is 0 Å². The number of hydrogen-bond donors (Lipinski definition) is 1. The minimum Gasteiger partial charge on any atom is -0.478 e. The van der Waals surface area contributed by atoms with Crippen molar-refractivity contribution in [2.75, 3.05) is 0 Å². The molecule has 5 nitrogen and oxygen atoms in total. The van der Waals surface area contributed by atoms with Gasteiger partial charge in [-0.25, -0.2) is 9.18 Å². The number of carboxylic acid groups (broad SMARTS) is 1. The third-order valence-electron chi connectivity index (χ3n) is 4.80. The first-order valence-corrected chi connectivity index (χ1v) is 8.25. The van der Waals surface area contributed by atoms with Crippen molar-refractivity contribution in [3.63, 3.8) is 0 Å². The molecule has 0 radical (unpaired) electrons. The van der Waals surface area contributed by atoms with E-state index in [4.69, 9.17) is 14.0 Å². The summed E-state index contributed by atoms with van der Waals surface area (Å²) in [4.78, 5) is 11.5. The van der Waals surface area contributed by atoms with Crippen molar-refractivity contribution < 1.29 is 28.3 Å². The Labute approximate surface area is 151 Å². The largest absolute Gasteiger partial charge is 0.494 e. The predicted molar refractivity (Wildman–Crippen MR) is 95.6 cm³/mol. The SMILES string of the molecule is CC1(C)OB(c2ccc(C(=O)O)c(Oc3ccc(F)cc3)c2)OC1(C)C. The topological polar surface area (TPSA) is 65.0 Å². The first kappa shape index (κ1) is 18.4. The van der Waals surface area contributed by atoms with Crippen LogP contribution < -0.4 is 10.2 Å². The van der Waals surface area contributed by atoms with Crippen LogP contribution in [-0.2, 0) is 9.31 Å². The summed E-state index contributed by atoms with van der Waals surface area (Å²) < 4.78 is 30.7. The number of carboxylic acids is 1. The molecule has 0 saturated carbocycles. The molecule has 7 heteroatoms. The molecule has 1 heterocycles. The number of rotatable bonds is 4. The number of carbonyl (C=O) groups is 1. The Bertz CT molecular complexity index is 816. The summed E-state index contributed by atoms with van der Waals surface area (Å²) in [7, 11) is -0.640. The first-order valence-electron chi connectivity index (χ1n) is 8.25. The van der Waals surface area contributed by atoms with Gasteiger partial charge in [0.2, 0.25) is 0 Å². The van der Waals surface area contributed by atoms with Crippen LogP contribution in [0.4, 0.5) is 4.39 Å². The number of benzene rings is 2. The van der Waals surface area contributed by atoms with Crippen LogP contribution in [-0.4, -0.2) is 29.4 Å². The molecule has 2 aromatic carbocycles. The van der Waals surface area contributed by atoms with Crippen LogP contribution in [0.25, 0.3) is 0 Å². The molecule has 0 unspecified atom stereocenters. The summed E-state index contributed by atoms with van der Waals surface area (Å²) in [6, 6.07) is 10.0. The van der Waals surface area contributed by atoms with Crippen LogP contribution >= 0.6 is 0 Å². The Morgan fingerprint density at radius 2 is 1.62 bits per heavy atom. The van der Waals surface area contributed by atoms with Crippen LogP contribution in [0.3, 0.4) is 0 Å². The second kappa shape index (κ2) is 6.41. The van der Waals surface area contributed by atoms with Crippen molar-refractivity contribution in [3.05, 3.63) is 53.8 Å². The predicted octanol–water partition coefficient (Wildman–Crippen LogP) is 3.62. The summed E-state index contributed by atoms with van der Waals surface area (Å²) in [5.41, 5.74) is -0.386. The van der Waals surface area contributed by atoms with E-state index in [-0.39, 0.29) is 11.3 Å². The van der Waals surface area contributed by atoms with Gasteiger partial charge in [-0.3, -0.25) is 0 Å². The summed E-state index contributed by atoms with van der Waals surface area (Å²) in [5.74, 6) is -1.05. The Morgan fingerprint density at radius 3 is 2.15 bits per heavy atom. The molecule has 0 atom stereocenters. The highest BCUT2D eigenvalue weighted by Crippen LogP contribution is 2.37. The lowest BCUT2D eigenvalue weighted by Crippen LogP contribution is -2.41. The standard InChI is InChI=1S/C19H20BFO5/c1-18(2)19(3,4)26-20(25-18)12-5-10-15(17(22)23)16(11-12)24-14-8-6-13(21)7-9-14/h5-11H,1-4H3,(H,22,23). The van der Waals surface area contributed by atoms with Crippen LogP contribution in [0.1, 0.15) is 38.1 Å². The minimum absolute atomic E-state index is 0.00501. The van der Waals surface area contributed by atoms with Crippen LogP contribution in [0.15, 0.2) is 42.5 Å². The number of aromatic carboxylic acids is 1. The van der Waals surface area contributed by atoms with Crippen molar-refractivity contribution in [2.24, 2.45) is 0 Å². The highest BCUT2D eigenvalue weighted by molar-refractivity contribution is 6.62. The van der Waals surface area contributed by atoms with Gasteiger partial charge >= 0.3 is 13.1 Å². The molecule has 0 amide bonds. The van der Waals surface area contributed by atoms with E-state index in [1.54, 1.807) is 12.1 Å². The maximum Gasteiger partial charge on any atom is 0.494 e. The molecule has 1 fully saturated rings. The van der Waals surface area contributed by atoms with E-state index < -0.39 is 30.1 Å². The number of hydrogen-bond acceptors (Lipinski definition) is 4. The summed E-state index contributed by atoms with van der Waals surface area (Å²) >= 11 is 0. The van der Waals surface area contributed by atoms with E-state index in [0.29, 0.717) is 11.2 Å². The van der Waals surface area contributed by atoms with Crippen LogP contribution in [0, 0.1) is 5.82 Å². The van der Waals surface area contributed by atoms with E-state index in [9.17, 15) is 14.3 Å². The summed E-state index contributed by atoms with van der Waals surface area (Å²) in [6.45, 7) is 7.76. The molecule has 1 N–H and O–H groups in total. The van der Waals surface area contributed by atoms with E-state index in [1.165, 1.54) is 30.3 Å². The van der Waals surface area contributed by atoms with Gasteiger partial charge in [0.15, 0.2) is 0 Å². The maximum atomic E-state index is 13.1. The van der Waals surface area contributed by atoms with Gasteiger partial charge in [-0.05, 0) is 69.6 Å². The molecule has 0 spiro atoms. The lowest BCUT2D eigenvalue weighted by atomic mass is 9.78. The maximum absolute atomic E-state index is 13.1. The lowest BCUT2D eigenvalue weighted by Gasteiger charge is -2.32. The second-order valence-corrected chi connectivity index (χ2v) is 7.20. The van der Waals surface area contributed by atoms with E-state index >= 15 is 0 Å². The van der Waals surface area contributed by atoms with Gasteiger partial charge in [-0.1, -0.05) is 6.07 Å². The van der Waals surface area contributed by atoms with Crippen LogP contribution in [0.2, 0.25) is 0 Å².